The summed E-state index contributed by atoms with van der Waals surface area (Å²) >= 11 is 0. The molecule has 3 aliphatic carbocycles. The summed E-state index contributed by atoms with van der Waals surface area (Å²) in [5.74, 6) is 2.14. The lowest BCUT2D eigenvalue weighted by atomic mass is 9.63. The summed E-state index contributed by atoms with van der Waals surface area (Å²) in [6, 6.07) is 10.00. The molecule has 5 rings (SSSR count). The minimum absolute atomic E-state index is 0.0903. The summed E-state index contributed by atoms with van der Waals surface area (Å²) in [5, 5.41) is 3.19. The molecule has 1 spiro atoms. The Morgan fingerprint density at radius 1 is 1.00 bits per heavy atom. The Hall–Kier alpha value is -1.35. The summed E-state index contributed by atoms with van der Waals surface area (Å²) < 4.78 is 0. The molecule has 2 saturated carbocycles. The van der Waals surface area contributed by atoms with Crippen molar-refractivity contribution in [2.24, 2.45) is 11.8 Å². The van der Waals surface area contributed by atoms with Crippen LogP contribution in [0.2, 0.25) is 0 Å². The van der Waals surface area contributed by atoms with Crippen LogP contribution in [0, 0.1) is 11.8 Å². The van der Waals surface area contributed by atoms with Gasteiger partial charge in [0.1, 0.15) is 0 Å². The Morgan fingerprint density at radius 3 is 2.41 bits per heavy atom. The van der Waals surface area contributed by atoms with Gasteiger partial charge < -0.3 is 10.2 Å². The highest BCUT2D eigenvalue weighted by Crippen LogP contribution is 2.49. The number of hydrogen-bond donors (Lipinski definition) is 1. The number of piperidine rings is 1. The molecule has 146 valence electrons. The van der Waals surface area contributed by atoms with Crippen molar-refractivity contribution in [3.8, 4) is 0 Å². The van der Waals surface area contributed by atoms with Crippen LogP contribution in [-0.2, 0) is 10.2 Å². The van der Waals surface area contributed by atoms with Gasteiger partial charge in [-0.25, -0.2) is 0 Å². The molecule has 1 heterocycles. The maximum atomic E-state index is 11.6. The van der Waals surface area contributed by atoms with Gasteiger partial charge in [-0.05, 0) is 86.4 Å². The van der Waals surface area contributed by atoms with Gasteiger partial charge in [0.25, 0.3) is 0 Å². The summed E-state index contributed by atoms with van der Waals surface area (Å²) in [4.78, 5) is 14.5. The van der Waals surface area contributed by atoms with Gasteiger partial charge >= 0.3 is 0 Å². The molecule has 4 atom stereocenters. The fraction of sp³-hybridized carbons (Fsp3) is 0.708. The highest BCUT2D eigenvalue weighted by molar-refractivity contribution is 5.73. The largest absolute Gasteiger partial charge is 0.350 e. The van der Waals surface area contributed by atoms with Crippen LogP contribution in [-0.4, -0.2) is 29.9 Å². The lowest BCUT2D eigenvalue weighted by Gasteiger charge is -2.49. The molecule has 1 saturated heterocycles. The first-order valence-corrected chi connectivity index (χ1v) is 11.2. The average molecular weight is 367 g/mol. The minimum Gasteiger partial charge on any atom is -0.350 e. The van der Waals surface area contributed by atoms with E-state index in [4.69, 9.17) is 0 Å². The second kappa shape index (κ2) is 6.92. The Labute approximate surface area is 163 Å². The normalized spacial score (nSPS) is 35.0. The number of benzene rings is 1. The van der Waals surface area contributed by atoms with Crippen LogP contribution < -0.4 is 5.32 Å². The highest BCUT2D eigenvalue weighted by Gasteiger charge is 2.44. The van der Waals surface area contributed by atoms with Crippen molar-refractivity contribution < 1.29 is 4.79 Å². The Kier molecular flexibility index (Phi) is 4.54. The number of carbonyl (C=O) groups excluding carboxylic acids is 1. The lowest BCUT2D eigenvalue weighted by molar-refractivity contribution is -0.119. The molecule has 1 amide bonds. The summed E-state index contributed by atoms with van der Waals surface area (Å²) in [5.41, 5.74) is 3.25. The molecule has 2 unspecified atom stereocenters. The molecule has 1 aliphatic heterocycles. The number of amides is 1. The predicted octanol–water partition coefficient (Wildman–Crippen LogP) is 4.57. The van der Waals surface area contributed by atoms with Crippen molar-refractivity contribution in [3.05, 3.63) is 35.4 Å². The minimum atomic E-state index is 0.0903. The van der Waals surface area contributed by atoms with Crippen LogP contribution in [0.4, 0.5) is 0 Å². The second-order valence-corrected chi connectivity index (χ2v) is 9.87. The van der Waals surface area contributed by atoms with Crippen LogP contribution in [0.1, 0.15) is 81.9 Å². The first kappa shape index (κ1) is 17.7. The fourth-order valence-corrected chi connectivity index (χ4v) is 7.00. The standard InChI is InChI=1S/C24H34N2O/c1-17(27)25-23-8-9-24(22-5-3-2-4-21(22)23)10-12-26(13-11-24)20-15-18-6-7-19(14-18)16-20/h2-5,18-20,23H,6-16H2,1H3,(H,25,27)/t18-,19?,20?,23+/m1/s1. The Balaban J connectivity index is 1.32. The zero-order chi connectivity index (χ0) is 18.4. The first-order valence-electron chi connectivity index (χ1n) is 11.2. The van der Waals surface area contributed by atoms with Crippen molar-refractivity contribution in [2.45, 2.75) is 82.2 Å². The van der Waals surface area contributed by atoms with Crippen LogP contribution in [0.25, 0.3) is 0 Å². The molecule has 3 heteroatoms. The van der Waals surface area contributed by atoms with E-state index in [0.717, 1.165) is 24.3 Å². The van der Waals surface area contributed by atoms with Crippen LogP contribution in [0.5, 0.6) is 0 Å². The SMILES string of the molecule is CC(=O)N[C@H]1CCC2(CCN(C3CC4CC[C@H](C4)C3)CC2)c2ccccc21. The van der Waals surface area contributed by atoms with E-state index in [1.165, 1.54) is 75.6 Å². The number of carbonyl (C=O) groups is 1. The highest BCUT2D eigenvalue weighted by atomic mass is 16.1. The number of nitrogens with one attached hydrogen (secondary N) is 1. The van der Waals surface area contributed by atoms with Crippen molar-refractivity contribution in [1.29, 1.82) is 0 Å². The third-order valence-corrected chi connectivity index (χ3v) is 8.33. The molecule has 1 aromatic rings. The van der Waals surface area contributed by atoms with E-state index in [1.807, 2.05) is 0 Å². The van der Waals surface area contributed by atoms with E-state index >= 15 is 0 Å². The molecular formula is C24H34N2O. The molecule has 2 bridgehead atoms. The van der Waals surface area contributed by atoms with Gasteiger partial charge in [0.2, 0.25) is 5.91 Å². The third-order valence-electron chi connectivity index (χ3n) is 8.33. The molecule has 3 fully saturated rings. The van der Waals surface area contributed by atoms with Gasteiger partial charge in [0.15, 0.2) is 0 Å². The van der Waals surface area contributed by atoms with Gasteiger partial charge in [-0.1, -0.05) is 37.1 Å². The van der Waals surface area contributed by atoms with E-state index in [1.54, 1.807) is 6.92 Å². The van der Waals surface area contributed by atoms with Gasteiger partial charge in [-0.3, -0.25) is 4.79 Å². The number of nitrogens with zero attached hydrogens (tertiary/aromatic N) is 1. The zero-order valence-corrected chi connectivity index (χ0v) is 16.8. The van der Waals surface area contributed by atoms with Crippen LogP contribution in [0.3, 0.4) is 0 Å². The number of fused-ring (bicyclic) bond motifs is 4. The van der Waals surface area contributed by atoms with Gasteiger partial charge in [-0.2, -0.15) is 0 Å². The first-order chi connectivity index (χ1) is 13.1. The van der Waals surface area contributed by atoms with E-state index in [9.17, 15) is 4.79 Å². The third kappa shape index (κ3) is 3.22. The van der Waals surface area contributed by atoms with Crippen molar-refractivity contribution in [1.82, 2.24) is 10.2 Å². The van der Waals surface area contributed by atoms with E-state index in [0.29, 0.717) is 5.41 Å². The molecule has 0 radical (unpaired) electrons. The number of rotatable bonds is 2. The van der Waals surface area contributed by atoms with Gasteiger partial charge in [0, 0.05) is 13.0 Å². The molecule has 1 aromatic carbocycles. The topological polar surface area (TPSA) is 32.3 Å². The van der Waals surface area contributed by atoms with Gasteiger partial charge in [-0.15, -0.1) is 0 Å². The summed E-state index contributed by atoms with van der Waals surface area (Å²) in [6.07, 6.45) is 12.3. The molecule has 3 nitrogen and oxygen atoms in total. The summed E-state index contributed by atoms with van der Waals surface area (Å²) in [7, 11) is 0. The van der Waals surface area contributed by atoms with Crippen LogP contribution in [0.15, 0.2) is 24.3 Å². The van der Waals surface area contributed by atoms with Crippen LogP contribution >= 0.6 is 0 Å². The second-order valence-electron chi connectivity index (χ2n) is 9.87. The van der Waals surface area contributed by atoms with Crippen molar-refractivity contribution in [3.63, 3.8) is 0 Å². The molecule has 4 aliphatic rings. The maximum absolute atomic E-state index is 11.6. The molecular weight excluding hydrogens is 332 g/mol. The Bertz CT molecular complexity index is 694. The predicted molar refractivity (Wildman–Crippen MR) is 109 cm³/mol. The quantitative estimate of drug-likeness (QED) is 0.831. The number of likely N-dealkylation sites (tertiary alicyclic amines) is 1. The summed E-state index contributed by atoms with van der Waals surface area (Å²) in [6.45, 7) is 4.18. The zero-order valence-electron chi connectivity index (χ0n) is 16.8. The molecule has 27 heavy (non-hydrogen) atoms. The van der Waals surface area contributed by atoms with E-state index < -0.39 is 0 Å². The smallest absolute Gasteiger partial charge is 0.217 e. The van der Waals surface area contributed by atoms with Crippen molar-refractivity contribution in [2.75, 3.05) is 13.1 Å². The molecule has 0 aromatic heterocycles. The fourth-order valence-electron chi connectivity index (χ4n) is 7.00. The number of hydrogen-bond acceptors (Lipinski definition) is 2. The van der Waals surface area contributed by atoms with Crippen molar-refractivity contribution >= 4 is 5.91 Å². The monoisotopic (exact) mass is 366 g/mol. The lowest BCUT2D eigenvalue weighted by Crippen LogP contribution is -2.50. The average Bonchev–Trinajstić information content (AvgIpc) is 3.02. The maximum Gasteiger partial charge on any atom is 0.217 e. The van der Waals surface area contributed by atoms with E-state index in [-0.39, 0.29) is 11.9 Å². The van der Waals surface area contributed by atoms with Gasteiger partial charge in [0.05, 0.1) is 6.04 Å². The Morgan fingerprint density at radius 2 is 1.70 bits per heavy atom. The van der Waals surface area contributed by atoms with E-state index in [2.05, 4.69) is 34.5 Å². The molecule has 1 N–H and O–H groups in total.